The fourth-order valence-electron chi connectivity index (χ4n) is 1.75. The van der Waals surface area contributed by atoms with Gasteiger partial charge in [-0.25, -0.2) is 4.79 Å². The zero-order valence-corrected chi connectivity index (χ0v) is 12.2. The SMILES string of the molecule is CC1(C)C(CO)C1(Cl)Cl.O=C(O)Nc1ccccc1. The summed E-state index contributed by atoms with van der Waals surface area (Å²) in [7, 11) is 0. The number of carbonyl (C=O) groups is 1. The van der Waals surface area contributed by atoms with Gasteiger partial charge in [0.1, 0.15) is 4.33 Å². The summed E-state index contributed by atoms with van der Waals surface area (Å²) in [4.78, 5) is 10.1. The molecule has 1 fully saturated rings. The van der Waals surface area contributed by atoms with Crippen molar-refractivity contribution in [2.45, 2.75) is 18.2 Å². The maximum atomic E-state index is 10.1. The molecule has 0 aliphatic heterocycles. The van der Waals surface area contributed by atoms with Gasteiger partial charge in [0.05, 0.1) is 0 Å². The molecule has 0 aromatic heterocycles. The van der Waals surface area contributed by atoms with E-state index in [1.54, 1.807) is 24.3 Å². The number of benzene rings is 1. The Labute approximate surface area is 122 Å². The molecule has 2 rings (SSSR count). The molecule has 0 radical (unpaired) electrons. The third-order valence-electron chi connectivity index (χ3n) is 3.29. The van der Waals surface area contributed by atoms with Crippen LogP contribution in [0.3, 0.4) is 0 Å². The summed E-state index contributed by atoms with van der Waals surface area (Å²) in [6, 6.07) is 8.74. The van der Waals surface area contributed by atoms with Crippen LogP contribution in [0.1, 0.15) is 13.8 Å². The van der Waals surface area contributed by atoms with E-state index in [0.29, 0.717) is 5.69 Å². The van der Waals surface area contributed by atoms with E-state index in [1.807, 2.05) is 19.9 Å². The quantitative estimate of drug-likeness (QED) is 0.731. The predicted molar refractivity (Wildman–Crippen MR) is 76.9 cm³/mol. The summed E-state index contributed by atoms with van der Waals surface area (Å²) in [6.07, 6.45) is -1.04. The Bertz CT molecular complexity index is 421. The van der Waals surface area contributed by atoms with Crippen molar-refractivity contribution in [3.05, 3.63) is 30.3 Å². The van der Waals surface area contributed by atoms with Crippen molar-refractivity contribution in [1.82, 2.24) is 0 Å². The molecular formula is C13H17Cl2NO3. The molecule has 1 amide bonds. The molecule has 1 aromatic carbocycles. The molecule has 1 saturated carbocycles. The third kappa shape index (κ3) is 3.75. The molecule has 3 N–H and O–H groups in total. The van der Waals surface area contributed by atoms with Gasteiger partial charge < -0.3 is 10.2 Å². The Morgan fingerprint density at radius 2 is 1.79 bits per heavy atom. The van der Waals surface area contributed by atoms with E-state index in [-0.39, 0.29) is 17.9 Å². The normalized spacial score (nSPS) is 21.8. The van der Waals surface area contributed by atoms with Crippen molar-refractivity contribution >= 4 is 35.0 Å². The van der Waals surface area contributed by atoms with Crippen LogP contribution in [-0.2, 0) is 0 Å². The lowest BCUT2D eigenvalue weighted by Crippen LogP contribution is -2.06. The molecule has 1 atom stereocenters. The first-order valence-corrected chi connectivity index (χ1v) is 6.52. The first kappa shape index (κ1) is 16.1. The van der Waals surface area contributed by atoms with Gasteiger partial charge in [-0.3, -0.25) is 5.32 Å². The summed E-state index contributed by atoms with van der Waals surface area (Å²) in [5.74, 6) is 0.0494. The molecule has 106 valence electrons. The third-order valence-corrected chi connectivity index (χ3v) is 4.79. The lowest BCUT2D eigenvalue weighted by Gasteiger charge is -1.99. The number of hydrogen-bond donors (Lipinski definition) is 3. The number of aliphatic hydroxyl groups excluding tert-OH is 1. The summed E-state index contributed by atoms with van der Waals surface area (Å²) < 4.78 is -0.693. The molecular weight excluding hydrogens is 289 g/mol. The average Bonchev–Trinajstić information content (AvgIpc) is 2.70. The number of anilines is 1. The van der Waals surface area contributed by atoms with Crippen LogP contribution >= 0.6 is 23.2 Å². The van der Waals surface area contributed by atoms with Crippen LogP contribution < -0.4 is 5.32 Å². The maximum Gasteiger partial charge on any atom is 0.409 e. The molecule has 6 heteroatoms. The van der Waals surface area contributed by atoms with Crippen molar-refractivity contribution in [1.29, 1.82) is 0 Å². The fourth-order valence-corrected chi connectivity index (χ4v) is 2.58. The van der Waals surface area contributed by atoms with E-state index in [1.165, 1.54) is 0 Å². The standard InChI is InChI=1S/C7H7NO2.C6H10Cl2O/c9-7(10)8-6-4-2-1-3-5-6;1-5(2)4(3-9)6(5,7)8/h1-5,8H,(H,9,10);4,9H,3H2,1-2H3. The molecule has 0 spiro atoms. The maximum absolute atomic E-state index is 10.1. The van der Waals surface area contributed by atoms with Crippen LogP contribution in [0.4, 0.5) is 10.5 Å². The topological polar surface area (TPSA) is 69.6 Å². The van der Waals surface area contributed by atoms with Gasteiger partial charge in [0.25, 0.3) is 0 Å². The summed E-state index contributed by atoms with van der Waals surface area (Å²) >= 11 is 11.6. The minimum Gasteiger partial charge on any atom is -0.465 e. The van der Waals surface area contributed by atoms with E-state index in [4.69, 9.17) is 33.4 Å². The molecule has 1 aliphatic rings. The second kappa shape index (κ2) is 5.99. The van der Waals surface area contributed by atoms with Crippen molar-refractivity contribution in [2.75, 3.05) is 11.9 Å². The van der Waals surface area contributed by atoms with E-state index in [9.17, 15) is 4.79 Å². The number of halogens is 2. The number of nitrogens with one attached hydrogen (secondary N) is 1. The molecule has 4 nitrogen and oxygen atoms in total. The van der Waals surface area contributed by atoms with E-state index < -0.39 is 10.4 Å². The van der Waals surface area contributed by atoms with Crippen molar-refractivity contribution in [3.8, 4) is 0 Å². The summed E-state index contributed by atoms with van der Waals surface area (Å²) in [5.41, 5.74) is 0.486. The highest BCUT2D eigenvalue weighted by atomic mass is 35.5. The second-order valence-electron chi connectivity index (χ2n) is 4.88. The first-order chi connectivity index (χ1) is 8.73. The lowest BCUT2D eigenvalue weighted by molar-refractivity contribution is 0.209. The minimum atomic E-state index is -1.04. The van der Waals surface area contributed by atoms with Crippen LogP contribution in [0.2, 0.25) is 0 Å². The van der Waals surface area contributed by atoms with E-state index in [0.717, 1.165) is 0 Å². The largest absolute Gasteiger partial charge is 0.465 e. The number of aliphatic hydroxyl groups is 1. The highest BCUT2D eigenvalue weighted by Gasteiger charge is 2.69. The highest BCUT2D eigenvalue weighted by Crippen LogP contribution is 2.68. The molecule has 0 heterocycles. The fraction of sp³-hybridized carbons (Fsp3) is 0.462. The van der Waals surface area contributed by atoms with Crippen LogP contribution in [0.15, 0.2) is 30.3 Å². The van der Waals surface area contributed by atoms with Gasteiger partial charge in [0, 0.05) is 23.6 Å². The number of para-hydroxylation sites is 1. The summed E-state index contributed by atoms with van der Waals surface area (Å²) in [6.45, 7) is 3.99. The number of rotatable bonds is 2. The smallest absolute Gasteiger partial charge is 0.409 e. The lowest BCUT2D eigenvalue weighted by atomic mass is 10.1. The monoisotopic (exact) mass is 305 g/mol. The van der Waals surface area contributed by atoms with E-state index in [2.05, 4.69) is 5.32 Å². The number of hydrogen-bond acceptors (Lipinski definition) is 2. The first-order valence-electron chi connectivity index (χ1n) is 5.77. The van der Waals surface area contributed by atoms with Crippen LogP contribution in [0.25, 0.3) is 0 Å². The number of amides is 1. The number of carboxylic acid groups (broad SMARTS) is 1. The van der Waals surface area contributed by atoms with Crippen molar-refractivity contribution in [2.24, 2.45) is 11.3 Å². The Kier molecular flexibility index (Phi) is 5.07. The van der Waals surface area contributed by atoms with Gasteiger partial charge >= 0.3 is 6.09 Å². The Balaban J connectivity index is 0.000000191. The Hall–Kier alpha value is -0.970. The van der Waals surface area contributed by atoms with Gasteiger partial charge in [0.15, 0.2) is 0 Å². The zero-order valence-electron chi connectivity index (χ0n) is 10.7. The van der Waals surface area contributed by atoms with Crippen molar-refractivity contribution < 1.29 is 15.0 Å². The predicted octanol–water partition coefficient (Wildman–Crippen LogP) is 3.59. The van der Waals surface area contributed by atoms with Crippen LogP contribution in [-0.4, -0.2) is 27.2 Å². The second-order valence-corrected chi connectivity index (χ2v) is 6.26. The molecule has 0 saturated heterocycles. The molecule has 1 unspecified atom stereocenters. The van der Waals surface area contributed by atoms with Gasteiger partial charge in [-0.05, 0) is 12.1 Å². The highest BCUT2D eigenvalue weighted by molar-refractivity contribution is 6.51. The van der Waals surface area contributed by atoms with Crippen molar-refractivity contribution in [3.63, 3.8) is 0 Å². The zero-order chi connectivity index (χ0) is 14.7. The molecule has 0 bridgehead atoms. The van der Waals surface area contributed by atoms with Gasteiger partial charge in [-0.2, -0.15) is 0 Å². The van der Waals surface area contributed by atoms with Gasteiger partial charge in [-0.15, -0.1) is 23.2 Å². The average molecular weight is 306 g/mol. The van der Waals surface area contributed by atoms with E-state index >= 15 is 0 Å². The molecule has 1 aromatic rings. The minimum absolute atomic E-state index is 0.0494. The van der Waals surface area contributed by atoms with Gasteiger partial charge in [-0.1, -0.05) is 32.0 Å². The summed E-state index contributed by atoms with van der Waals surface area (Å²) in [5, 5.41) is 19.2. The Morgan fingerprint density at radius 3 is 2.05 bits per heavy atom. The van der Waals surface area contributed by atoms with Crippen LogP contribution in [0, 0.1) is 11.3 Å². The molecule has 19 heavy (non-hydrogen) atoms. The molecule has 1 aliphatic carbocycles. The van der Waals surface area contributed by atoms with Crippen LogP contribution in [0.5, 0.6) is 0 Å². The van der Waals surface area contributed by atoms with Gasteiger partial charge in [0.2, 0.25) is 0 Å². The Morgan fingerprint density at radius 1 is 1.32 bits per heavy atom. The number of alkyl halides is 2.